The highest BCUT2D eigenvalue weighted by Gasteiger charge is 2.33. The molecule has 1 fully saturated rings. The molecule has 1 aromatic rings. The minimum Gasteiger partial charge on any atom is -0.351 e. The molecule has 1 amide bonds. The van der Waals surface area contributed by atoms with Crippen molar-refractivity contribution in [2.24, 2.45) is 0 Å². The number of halogens is 2. The van der Waals surface area contributed by atoms with Crippen LogP contribution in [0, 0.1) is 12.4 Å². The van der Waals surface area contributed by atoms with E-state index in [-0.39, 0.29) is 36.1 Å². The van der Waals surface area contributed by atoms with E-state index in [1.807, 2.05) is 0 Å². The summed E-state index contributed by atoms with van der Waals surface area (Å²) in [6, 6.07) is 5.03. The van der Waals surface area contributed by atoms with Crippen LogP contribution >= 0.6 is 11.6 Å². The number of hydrogen-bond donors (Lipinski definition) is 2. The molecule has 1 saturated carbocycles. The Balaban J connectivity index is 1.70. The average molecular weight is 296 g/mol. The minimum absolute atomic E-state index is 0.0505. The Labute approximate surface area is 122 Å². The molecule has 0 bridgehead atoms. The molecule has 2 N–H and O–H groups in total. The van der Waals surface area contributed by atoms with Crippen molar-refractivity contribution in [3.63, 3.8) is 0 Å². The zero-order valence-electron chi connectivity index (χ0n) is 10.8. The molecule has 1 aliphatic rings. The van der Waals surface area contributed by atoms with Gasteiger partial charge in [0.25, 0.3) is 0 Å². The fourth-order valence-corrected chi connectivity index (χ4v) is 2.23. The molecule has 0 atom stereocenters. The number of rotatable bonds is 5. The molecule has 6 heteroatoms. The third-order valence-corrected chi connectivity index (χ3v) is 3.65. The molecular weight excluding hydrogens is 281 g/mol. The van der Waals surface area contributed by atoms with E-state index in [0.29, 0.717) is 5.56 Å². The number of amides is 1. The first-order valence-electron chi connectivity index (χ1n) is 6.39. The summed E-state index contributed by atoms with van der Waals surface area (Å²) >= 11 is 5.66. The molecule has 4 nitrogen and oxygen atoms in total. The molecule has 0 aliphatic heterocycles. The Morgan fingerprint density at radius 2 is 2.25 bits per heavy atom. The van der Waals surface area contributed by atoms with Gasteiger partial charge in [-0.1, -0.05) is 23.7 Å². The van der Waals surface area contributed by atoms with Gasteiger partial charge in [0.1, 0.15) is 5.82 Å². The number of benzene rings is 1. The van der Waals surface area contributed by atoms with Gasteiger partial charge in [-0.2, -0.15) is 0 Å². The Hall–Kier alpha value is -1.64. The van der Waals surface area contributed by atoms with E-state index in [2.05, 4.69) is 15.5 Å². The van der Waals surface area contributed by atoms with Crippen LogP contribution in [-0.4, -0.2) is 24.5 Å². The molecule has 0 aromatic heterocycles. The van der Waals surface area contributed by atoms with Gasteiger partial charge >= 0.3 is 0 Å². The fraction of sp³-hybridized carbons (Fsp3) is 0.429. The largest absolute Gasteiger partial charge is 0.351 e. The molecule has 0 saturated heterocycles. The van der Waals surface area contributed by atoms with Crippen molar-refractivity contribution in [2.75, 3.05) is 6.54 Å². The predicted octanol–water partition coefficient (Wildman–Crippen LogP) is 2.14. The zero-order valence-corrected chi connectivity index (χ0v) is 11.6. The molecule has 1 aromatic carbocycles. The third-order valence-electron chi connectivity index (χ3n) is 3.35. The summed E-state index contributed by atoms with van der Waals surface area (Å²) in [6.45, 7) is 7.13. The van der Waals surface area contributed by atoms with Crippen molar-refractivity contribution >= 4 is 17.5 Å². The lowest BCUT2D eigenvalue weighted by Gasteiger charge is -2.27. The van der Waals surface area contributed by atoms with E-state index in [0.717, 1.165) is 12.8 Å². The lowest BCUT2D eigenvalue weighted by atomic mass is 9.87. The van der Waals surface area contributed by atoms with E-state index >= 15 is 0 Å². The molecule has 1 aliphatic carbocycles. The summed E-state index contributed by atoms with van der Waals surface area (Å²) in [5.41, 5.74) is 0.363. The van der Waals surface area contributed by atoms with Crippen molar-refractivity contribution < 1.29 is 9.18 Å². The maximum absolute atomic E-state index is 13.6. The van der Waals surface area contributed by atoms with Crippen molar-refractivity contribution in [3.8, 4) is 0 Å². The molecule has 0 spiro atoms. The van der Waals surface area contributed by atoms with Crippen molar-refractivity contribution in [1.82, 2.24) is 10.6 Å². The summed E-state index contributed by atoms with van der Waals surface area (Å²) in [6.07, 6.45) is 1.58. The van der Waals surface area contributed by atoms with E-state index < -0.39 is 5.82 Å². The summed E-state index contributed by atoms with van der Waals surface area (Å²) in [7, 11) is 0. The Morgan fingerprint density at radius 3 is 2.95 bits per heavy atom. The Morgan fingerprint density at radius 1 is 1.50 bits per heavy atom. The molecule has 0 radical (unpaired) electrons. The zero-order chi connectivity index (χ0) is 14.5. The molecular formula is C14H15ClFN3O. The minimum atomic E-state index is -0.499. The second-order valence-electron chi connectivity index (χ2n) is 4.82. The van der Waals surface area contributed by atoms with Crippen LogP contribution in [0.15, 0.2) is 18.2 Å². The van der Waals surface area contributed by atoms with Crippen LogP contribution in [0.3, 0.4) is 0 Å². The number of carbonyl (C=O) groups excluding carboxylic acids is 1. The van der Waals surface area contributed by atoms with E-state index in [1.54, 1.807) is 12.1 Å². The average Bonchev–Trinajstić information content (AvgIpc) is 2.39. The molecule has 20 heavy (non-hydrogen) atoms. The van der Waals surface area contributed by atoms with Gasteiger partial charge in [-0.05, 0) is 6.07 Å². The van der Waals surface area contributed by atoms with Crippen LogP contribution in [0.25, 0.3) is 4.85 Å². The van der Waals surface area contributed by atoms with Crippen LogP contribution < -0.4 is 10.6 Å². The second-order valence-corrected chi connectivity index (χ2v) is 5.23. The summed E-state index contributed by atoms with van der Waals surface area (Å²) < 4.78 is 13.6. The van der Waals surface area contributed by atoms with E-state index in [9.17, 15) is 9.18 Å². The van der Waals surface area contributed by atoms with Gasteiger partial charge in [-0.3, -0.25) is 4.79 Å². The summed E-state index contributed by atoms with van der Waals surface area (Å²) in [5.74, 6) is -0.697. The molecule has 0 heterocycles. The number of carbonyl (C=O) groups is 1. The highest BCUT2D eigenvalue weighted by Crippen LogP contribution is 2.22. The normalized spacial score (nSPS) is 20.9. The standard InChI is InChI=1S/C14H15ClFN3O/c1-17-10-5-11(6-10)18-8-13(20)19-7-9-3-2-4-12(15)14(9)16/h2-4,10-11,18H,5-8H2,(H,19,20). The summed E-state index contributed by atoms with van der Waals surface area (Å²) in [5, 5.41) is 5.76. The Bertz CT molecular complexity index is 538. The first-order valence-corrected chi connectivity index (χ1v) is 6.77. The van der Waals surface area contributed by atoms with E-state index in [1.165, 1.54) is 6.07 Å². The van der Waals surface area contributed by atoms with Crippen LogP contribution in [-0.2, 0) is 11.3 Å². The highest BCUT2D eigenvalue weighted by molar-refractivity contribution is 6.30. The molecule has 0 unspecified atom stereocenters. The van der Waals surface area contributed by atoms with Crippen LogP contribution in [0.4, 0.5) is 4.39 Å². The monoisotopic (exact) mass is 295 g/mol. The van der Waals surface area contributed by atoms with Gasteiger partial charge in [-0.25, -0.2) is 11.0 Å². The van der Waals surface area contributed by atoms with E-state index in [4.69, 9.17) is 18.2 Å². The van der Waals surface area contributed by atoms with Crippen molar-refractivity contribution in [1.29, 1.82) is 0 Å². The van der Waals surface area contributed by atoms with Crippen LogP contribution in [0.1, 0.15) is 18.4 Å². The SMILES string of the molecule is [C-]#[N+]C1CC(NCC(=O)NCc2cccc(Cl)c2F)C1. The first kappa shape index (κ1) is 14.8. The molecule has 2 rings (SSSR count). The topological polar surface area (TPSA) is 45.5 Å². The van der Waals surface area contributed by atoms with Gasteiger partial charge in [0.2, 0.25) is 11.9 Å². The van der Waals surface area contributed by atoms with Crippen molar-refractivity contribution in [2.45, 2.75) is 31.5 Å². The van der Waals surface area contributed by atoms with Crippen LogP contribution in [0.5, 0.6) is 0 Å². The molecule has 106 valence electrons. The third kappa shape index (κ3) is 3.69. The fourth-order valence-electron chi connectivity index (χ4n) is 2.04. The smallest absolute Gasteiger partial charge is 0.234 e. The van der Waals surface area contributed by atoms with Gasteiger partial charge in [0.05, 0.1) is 11.6 Å². The van der Waals surface area contributed by atoms with Crippen molar-refractivity contribution in [3.05, 3.63) is 46.0 Å². The van der Waals surface area contributed by atoms with Crippen LogP contribution in [0.2, 0.25) is 5.02 Å². The van der Waals surface area contributed by atoms with Gasteiger partial charge in [0.15, 0.2) is 0 Å². The lowest BCUT2D eigenvalue weighted by molar-refractivity contribution is -0.120. The quantitative estimate of drug-likeness (QED) is 0.818. The number of nitrogens with zero attached hydrogens (tertiary/aromatic N) is 1. The van der Waals surface area contributed by atoms with Gasteiger partial charge < -0.3 is 15.5 Å². The first-order chi connectivity index (χ1) is 9.60. The second kappa shape index (κ2) is 6.69. The lowest BCUT2D eigenvalue weighted by Crippen LogP contribution is -2.46. The number of hydrogen-bond acceptors (Lipinski definition) is 2. The maximum atomic E-state index is 13.6. The predicted molar refractivity (Wildman–Crippen MR) is 74.7 cm³/mol. The maximum Gasteiger partial charge on any atom is 0.234 e. The number of nitrogens with one attached hydrogen (secondary N) is 2. The Kier molecular flexibility index (Phi) is 4.94. The van der Waals surface area contributed by atoms with Gasteiger partial charge in [-0.15, -0.1) is 0 Å². The summed E-state index contributed by atoms with van der Waals surface area (Å²) in [4.78, 5) is 15.0. The van der Waals surface area contributed by atoms with Gasteiger partial charge in [0, 0.05) is 31.0 Å². The highest BCUT2D eigenvalue weighted by atomic mass is 35.5.